The van der Waals surface area contributed by atoms with Crippen molar-refractivity contribution in [3.63, 3.8) is 0 Å². The summed E-state index contributed by atoms with van der Waals surface area (Å²) in [5, 5.41) is 0. The zero-order valence-corrected chi connectivity index (χ0v) is 8.26. The highest BCUT2D eigenvalue weighted by Gasteiger charge is 1.86. The number of allylic oxidation sites excluding steroid dienone is 4. The molecule has 0 aliphatic carbocycles. The minimum atomic E-state index is 0. The summed E-state index contributed by atoms with van der Waals surface area (Å²) in [6.07, 6.45) is 6.68. The van der Waals surface area contributed by atoms with Crippen LogP contribution in [0.15, 0.2) is 23.3 Å². The average Bonchev–Trinajstić information content (AvgIpc) is 1.87. The third kappa shape index (κ3) is 9.11. The first-order valence-electron chi connectivity index (χ1n) is 3.91. The summed E-state index contributed by atoms with van der Waals surface area (Å²) in [7, 11) is 0. The van der Waals surface area contributed by atoms with Crippen LogP contribution in [-0.4, -0.2) is 6.29 Å². The normalized spacial score (nSPS) is 10.1. The van der Waals surface area contributed by atoms with Crippen LogP contribution in [0.2, 0.25) is 0 Å². The number of hydrogen-bond donors (Lipinski definition) is 1. The van der Waals surface area contributed by atoms with Crippen molar-refractivity contribution < 1.29 is 4.79 Å². The molecule has 0 bridgehead atoms. The highest BCUT2D eigenvalue weighted by atomic mass is 16.1. The summed E-state index contributed by atoms with van der Waals surface area (Å²) in [6.45, 7) is 6.14. The fourth-order valence-corrected chi connectivity index (χ4v) is 0.788. The minimum absolute atomic E-state index is 0. The summed E-state index contributed by atoms with van der Waals surface area (Å²) in [5.74, 6) is 0. The Morgan fingerprint density at radius 2 is 1.83 bits per heavy atom. The van der Waals surface area contributed by atoms with Gasteiger partial charge in [-0.15, -0.1) is 0 Å². The van der Waals surface area contributed by atoms with E-state index in [0.29, 0.717) is 0 Å². The summed E-state index contributed by atoms with van der Waals surface area (Å²) >= 11 is 0. The molecule has 0 amide bonds. The molecule has 0 aliphatic heterocycles. The van der Waals surface area contributed by atoms with Gasteiger partial charge in [-0.25, -0.2) is 0 Å². The van der Waals surface area contributed by atoms with Crippen molar-refractivity contribution in [1.29, 1.82) is 0 Å². The lowest BCUT2D eigenvalue weighted by Crippen LogP contribution is -1.77. The van der Waals surface area contributed by atoms with Crippen LogP contribution in [0.4, 0.5) is 0 Å². The third-order valence-corrected chi connectivity index (χ3v) is 1.44. The van der Waals surface area contributed by atoms with Crippen LogP contribution in [0, 0.1) is 0 Å². The third-order valence-electron chi connectivity index (χ3n) is 1.44. The quantitative estimate of drug-likeness (QED) is 0.399. The molecular weight excluding hydrogens is 150 g/mol. The maximum absolute atomic E-state index is 10.0. The van der Waals surface area contributed by atoms with Gasteiger partial charge in [0.2, 0.25) is 0 Å². The van der Waals surface area contributed by atoms with Gasteiger partial charge in [0, 0.05) is 0 Å². The maximum atomic E-state index is 10.0. The van der Waals surface area contributed by atoms with Gasteiger partial charge >= 0.3 is 0 Å². The van der Waals surface area contributed by atoms with E-state index < -0.39 is 0 Å². The van der Waals surface area contributed by atoms with Crippen LogP contribution in [0.3, 0.4) is 0 Å². The van der Waals surface area contributed by atoms with E-state index in [1.165, 1.54) is 5.57 Å². The van der Waals surface area contributed by atoms with Gasteiger partial charge in [-0.2, -0.15) is 0 Å². The minimum Gasteiger partial charge on any atom is -0.344 e. The molecule has 0 radical (unpaired) electrons. The first-order valence-corrected chi connectivity index (χ1v) is 3.91. The Kier molecular flexibility index (Phi) is 9.36. The van der Waals surface area contributed by atoms with Crippen molar-refractivity contribution in [2.24, 2.45) is 0 Å². The second-order valence-electron chi connectivity index (χ2n) is 2.97. The van der Waals surface area contributed by atoms with Gasteiger partial charge in [0.25, 0.3) is 0 Å². The molecule has 0 aromatic rings. The fourth-order valence-electron chi connectivity index (χ4n) is 0.788. The van der Waals surface area contributed by atoms with Gasteiger partial charge in [-0.05, 0) is 39.7 Å². The second kappa shape index (κ2) is 8.21. The lowest BCUT2D eigenvalue weighted by molar-refractivity contribution is -0.104. The molecule has 0 unspecified atom stereocenters. The molecule has 3 N–H and O–H groups in total. The molecule has 2 nitrogen and oxygen atoms in total. The molecule has 70 valence electrons. The number of carbonyl (C=O) groups is 1. The number of hydrogen-bond acceptors (Lipinski definition) is 2. The van der Waals surface area contributed by atoms with E-state index in [2.05, 4.69) is 19.9 Å². The number of rotatable bonds is 4. The summed E-state index contributed by atoms with van der Waals surface area (Å²) < 4.78 is 0. The molecule has 0 rings (SSSR count). The first kappa shape index (κ1) is 13.7. The van der Waals surface area contributed by atoms with Gasteiger partial charge in [0.1, 0.15) is 6.29 Å². The van der Waals surface area contributed by atoms with Crippen molar-refractivity contribution >= 4 is 6.29 Å². The molecule has 0 atom stereocenters. The van der Waals surface area contributed by atoms with E-state index in [-0.39, 0.29) is 6.15 Å². The Labute approximate surface area is 74.9 Å². The van der Waals surface area contributed by atoms with Crippen molar-refractivity contribution in [3.8, 4) is 0 Å². The molecule has 0 heterocycles. The van der Waals surface area contributed by atoms with E-state index in [4.69, 9.17) is 0 Å². The van der Waals surface area contributed by atoms with E-state index >= 15 is 0 Å². The largest absolute Gasteiger partial charge is 0.344 e. The molecular formula is C10H19NO. The zero-order chi connectivity index (χ0) is 8.69. The molecule has 0 saturated heterocycles. The monoisotopic (exact) mass is 169 g/mol. The zero-order valence-electron chi connectivity index (χ0n) is 8.26. The maximum Gasteiger partial charge on any atom is 0.142 e. The molecule has 0 fully saturated rings. The van der Waals surface area contributed by atoms with Crippen molar-refractivity contribution in [2.75, 3.05) is 0 Å². The van der Waals surface area contributed by atoms with Gasteiger partial charge in [-0.3, -0.25) is 4.79 Å². The smallest absolute Gasteiger partial charge is 0.142 e. The summed E-state index contributed by atoms with van der Waals surface area (Å²) in [4.78, 5) is 10.0. The van der Waals surface area contributed by atoms with Crippen molar-refractivity contribution in [1.82, 2.24) is 6.15 Å². The molecule has 0 aromatic heterocycles. The van der Waals surface area contributed by atoms with Crippen LogP contribution in [0.1, 0.15) is 33.6 Å². The average molecular weight is 169 g/mol. The molecule has 0 spiro atoms. The molecule has 2 heteroatoms. The van der Waals surface area contributed by atoms with Crippen molar-refractivity contribution in [3.05, 3.63) is 23.3 Å². The topological polar surface area (TPSA) is 52.1 Å². The van der Waals surface area contributed by atoms with Crippen LogP contribution in [0.5, 0.6) is 0 Å². The molecule has 0 aliphatic rings. The summed E-state index contributed by atoms with van der Waals surface area (Å²) in [6, 6.07) is 0. The standard InChI is InChI=1S/C10H16O.H3N/c1-9(2)5-4-6-10(3)7-8-11;/h5,7-8H,4,6H2,1-3H3;1H3. The lowest BCUT2D eigenvalue weighted by atomic mass is 10.1. The first-order chi connectivity index (χ1) is 5.16. The highest BCUT2D eigenvalue weighted by molar-refractivity contribution is 5.65. The van der Waals surface area contributed by atoms with Gasteiger partial charge in [0.05, 0.1) is 0 Å². The van der Waals surface area contributed by atoms with Crippen molar-refractivity contribution in [2.45, 2.75) is 33.6 Å². The predicted octanol–water partition coefficient (Wildman–Crippen LogP) is 3.04. The Morgan fingerprint density at radius 3 is 2.25 bits per heavy atom. The summed E-state index contributed by atoms with van der Waals surface area (Å²) in [5.41, 5.74) is 2.49. The van der Waals surface area contributed by atoms with E-state index in [1.807, 2.05) is 6.92 Å². The van der Waals surface area contributed by atoms with Crippen LogP contribution < -0.4 is 6.15 Å². The number of aldehydes is 1. The Morgan fingerprint density at radius 1 is 1.25 bits per heavy atom. The van der Waals surface area contributed by atoms with Gasteiger partial charge in [0.15, 0.2) is 0 Å². The SMILES string of the molecule is CC(C)=CCCC(C)=CC=O.N. The predicted molar refractivity (Wildman–Crippen MR) is 53.5 cm³/mol. The fraction of sp³-hybridized carbons (Fsp3) is 0.500. The van der Waals surface area contributed by atoms with E-state index in [1.54, 1.807) is 6.08 Å². The van der Waals surface area contributed by atoms with E-state index in [9.17, 15) is 4.79 Å². The van der Waals surface area contributed by atoms with Crippen LogP contribution >= 0.6 is 0 Å². The van der Waals surface area contributed by atoms with Crippen LogP contribution in [0.25, 0.3) is 0 Å². The molecule has 12 heavy (non-hydrogen) atoms. The van der Waals surface area contributed by atoms with E-state index in [0.717, 1.165) is 24.7 Å². The van der Waals surface area contributed by atoms with Crippen LogP contribution in [-0.2, 0) is 4.79 Å². The lowest BCUT2D eigenvalue weighted by Gasteiger charge is -1.94. The van der Waals surface area contributed by atoms with Gasteiger partial charge in [-0.1, -0.05) is 17.2 Å². The Hall–Kier alpha value is -0.890. The Bertz CT molecular complexity index is 176. The Balaban J connectivity index is 0. The number of carbonyl (C=O) groups excluding carboxylic acids is 1. The molecule has 0 saturated carbocycles. The molecule has 0 aromatic carbocycles. The second-order valence-corrected chi connectivity index (χ2v) is 2.97. The highest BCUT2D eigenvalue weighted by Crippen LogP contribution is 2.05. The van der Waals surface area contributed by atoms with Gasteiger partial charge < -0.3 is 6.15 Å².